The summed E-state index contributed by atoms with van der Waals surface area (Å²) in [6.45, 7) is 6.30. The molecule has 1 rings (SSSR count). The zero-order valence-corrected chi connectivity index (χ0v) is 8.76. The Balaban J connectivity index is 2.65. The molecule has 1 unspecified atom stereocenters. The molecule has 0 radical (unpaired) electrons. The molecular weight excluding hydrogens is 160 g/mol. The molecule has 0 amide bonds. The maximum absolute atomic E-state index is 11.3. The van der Waals surface area contributed by atoms with Crippen LogP contribution in [0.1, 0.15) is 40.0 Å². The summed E-state index contributed by atoms with van der Waals surface area (Å²) in [5.41, 5.74) is 2.59. The van der Waals surface area contributed by atoms with Crippen molar-refractivity contribution in [2.75, 3.05) is 0 Å². The zero-order chi connectivity index (χ0) is 9.84. The van der Waals surface area contributed by atoms with E-state index in [2.05, 4.69) is 32.9 Å². The van der Waals surface area contributed by atoms with Crippen LogP contribution in [0.3, 0.4) is 0 Å². The number of hydrogen-bond donors (Lipinski definition) is 0. The summed E-state index contributed by atoms with van der Waals surface area (Å²) in [5.74, 6) is 0.935. The van der Waals surface area contributed by atoms with Gasteiger partial charge in [0.05, 0.1) is 0 Å². The van der Waals surface area contributed by atoms with Crippen LogP contribution in [0.25, 0.3) is 0 Å². The Bertz CT molecular complexity index is 254. The standard InChI is InChI=1S/C12H18O/c1-9(2)4-5-11-6-10(3)7-12(13)8-11/h4-5,10H,6-8H2,1-3H3/b11-5-. The smallest absolute Gasteiger partial charge is 0.137 e. The summed E-state index contributed by atoms with van der Waals surface area (Å²) in [4.78, 5) is 11.3. The van der Waals surface area contributed by atoms with E-state index in [9.17, 15) is 4.79 Å². The average Bonchev–Trinajstić information content (AvgIpc) is 1.99. The lowest BCUT2D eigenvalue weighted by Gasteiger charge is -2.19. The van der Waals surface area contributed by atoms with Gasteiger partial charge in [0.25, 0.3) is 0 Å². The number of ketones is 1. The number of hydrogen-bond acceptors (Lipinski definition) is 1. The van der Waals surface area contributed by atoms with Gasteiger partial charge in [-0.05, 0) is 26.2 Å². The highest BCUT2D eigenvalue weighted by atomic mass is 16.1. The monoisotopic (exact) mass is 178 g/mol. The van der Waals surface area contributed by atoms with Gasteiger partial charge in [0.15, 0.2) is 0 Å². The predicted molar refractivity (Wildman–Crippen MR) is 55.5 cm³/mol. The topological polar surface area (TPSA) is 17.1 Å². The molecule has 1 heteroatoms. The molecule has 0 aromatic carbocycles. The van der Waals surface area contributed by atoms with E-state index in [1.807, 2.05) is 0 Å². The van der Waals surface area contributed by atoms with E-state index >= 15 is 0 Å². The van der Waals surface area contributed by atoms with E-state index in [1.54, 1.807) is 0 Å². The maximum atomic E-state index is 11.3. The Labute approximate surface area is 80.5 Å². The van der Waals surface area contributed by atoms with E-state index < -0.39 is 0 Å². The quantitative estimate of drug-likeness (QED) is 0.602. The molecule has 0 aromatic rings. The SMILES string of the molecule is CC(C)=C/C=C1\CC(=O)CC(C)C1. The minimum atomic E-state index is 0.396. The van der Waals surface area contributed by atoms with Crippen molar-refractivity contribution < 1.29 is 4.79 Å². The maximum Gasteiger partial charge on any atom is 0.137 e. The number of Topliss-reactive ketones (excluding diaryl/α,β-unsaturated/α-hetero) is 1. The molecule has 0 aliphatic heterocycles. The molecule has 13 heavy (non-hydrogen) atoms. The fourth-order valence-corrected chi connectivity index (χ4v) is 1.72. The first kappa shape index (κ1) is 10.2. The van der Waals surface area contributed by atoms with Crippen LogP contribution in [0.2, 0.25) is 0 Å². The highest BCUT2D eigenvalue weighted by molar-refractivity contribution is 5.82. The lowest BCUT2D eigenvalue weighted by molar-refractivity contribution is -0.120. The van der Waals surface area contributed by atoms with Gasteiger partial charge in [0, 0.05) is 12.8 Å². The molecule has 1 atom stereocenters. The molecule has 72 valence electrons. The van der Waals surface area contributed by atoms with E-state index in [4.69, 9.17) is 0 Å². The number of allylic oxidation sites excluding steroid dienone is 4. The van der Waals surface area contributed by atoms with E-state index in [0.29, 0.717) is 18.1 Å². The highest BCUT2D eigenvalue weighted by Crippen LogP contribution is 2.25. The Morgan fingerprint density at radius 1 is 1.38 bits per heavy atom. The lowest BCUT2D eigenvalue weighted by Crippen LogP contribution is -2.14. The minimum Gasteiger partial charge on any atom is -0.299 e. The van der Waals surface area contributed by atoms with Crippen LogP contribution in [-0.2, 0) is 4.79 Å². The minimum absolute atomic E-state index is 0.396. The second kappa shape index (κ2) is 4.40. The van der Waals surface area contributed by atoms with Crippen LogP contribution < -0.4 is 0 Å². The van der Waals surface area contributed by atoms with Gasteiger partial charge < -0.3 is 0 Å². The third-order valence-corrected chi connectivity index (χ3v) is 2.26. The van der Waals surface area contributed by atoms with Gasteiger partial charge >= 0.3 is 0 Å². The van der Waals surface area contributed by atoms with Gasteiger partial charge in [-0.3, -0.25) is 4.79 Å². The normalized spacial score (nSPS) is 26.2. The summed E-state index contributed by atoms with van der Waals surface area (Å²) < 4.78 is 0. The first-order chi connectivity index (χ1) is 6.08. The van der Waals surface area contributed by atoms with Crippen molar-refractivity contribution in [3.8, 4) is 0 Å². The van der Waals surface area contributed by atoms with Crippen molar-refractivity contribution in [3.63, 3.8) is 0 Å². The van der Waals surface area contributed by atoms with Gasteiger partial charge in [0.1, 0.15) is 5.78 Å². The third-order valence-electron chi connectivity index (χ3n) is 2.26. The number of carbonyl (C=O) groups is 1. The molecule has 0 spiro atoms. The van der Waals surface area contributed by atoms with Crippen LogP contribution in [-0.4, -0.2) is 5.78 Å². The molecule has 1 saturated carbocycles. The number of rotatable bonds is 1. The second-order valence-corrected chi connectivity index (χ2v) is 4.30. The predicted octanol–water partition coefficient (Wildman–Crippen LogP) is 3.27. The van der Waals surface area contributed by atoms with Crippen molar-refractivity contribution in [1.29, 1.82) is 0 Å². The zero-order valence-electron chi connectivity index (χ0n) is 8.76. The van der Waals surface area contributed by atoms with Crippen LogP contribution >= 0.6 is 0 Å². The van der Waals surface area contributed by atoms with Crippen LogP contribution in [0.4, 0.5) is 0 Å². The molecule has 0 aromatic heterocycles. The fourth-order valence-electron chi connectivity index (χ4n) is 1.72. The Morgan fingerprint density at radius 3 is 2.62 bits per heavy atom. The first-order valence-electron chi connectivity index (χ1n) is 4.92. The van der Waals surface area contributed by atoms with E-state index in [1.165, 1.54) is 11.1 Å². The lowest BCUT2D eigenvalue weighted by atomic mass is 9.85. The molecule has 0 N–H and O–H groups in total. The van der Waals surface area contributed by atoms with Crippen molar-refractivity contribution in [2.45, 2.75) is 40.0 Å². The van der Waals surface area contributed by atoms with Gasteiger partial charge in [-0.15, -0.1) is 0 Å². The summed E-state index contributed by atoms with van der Waals surface area (Å²) in [6.07, 6.45) is 6.75. The molecule has 1 aliphatic carbocycles. The molecular formula is C12H18O. The molecule has 0 heterocycles. The summed E-state index contributed by atoms with van der Waals surface area (Å²) >= 11 is 0. The van der Waals surface area contributed by atoms with Crippen LogP contribution in [0, 0.1) is 5.92 Å². The Kier molecular flexibility index (Phi) is 3.47. The van der Waals surface area contributed by atoms with Crippen molar-refractivity contribution in [2.24, 2.45) is 5.92 Å². The average molecular weight is 178 g/mol. The summed E-state index contributed by atoms with van der Waals surface area (Å²) in [5, 5.41) is 0. The third kappa shape index (κ3) is 3.58. The van der Waals surface area contributed by atoms with E-state index in [-0.39, 0.29) is 0 Å². The van der Waals surface area contributed by atoms with Crippen LogP contribution in [0.5, 0.6) is 0 Å². The molecule has 0 bridgehead atoms. The Morgan fingerprint density at radius 2 is 2.08 bits per heavy atom. The van der Waals surface area contributed by atoms with Crippen molar-refractivity contribution in [1.82, 2.24) is 0 Å². The highest BCUT2D eigenvalue weighted by Gasteiger charge is 2.18. The summed E-state index contributed by atoms with van der Waals surface area (Å²) in [6, 6.07) is 0. The molecule has 1 fully saturated rings. The van der Waals surface area contributed by atoms with Crippen molar-refractivity contribution in [3.05, 3.63) is 23.3 Å². The molecule has 0 saturated heterocycles. The first-order valence-corrected chi connectivity index (χ1v) is 4.92. The number of carbonyl (C=O) groups excluding carboxylic acids is 1. The van der Waals surface area contributed by atoms with E-state index in [0.717, 1.165) is 12.8 Å². The fraction of sp³-hybridized carbons (Fsp3) is 0.583. The second-order valence-electron chi connectivity index (χ2n) is 4.30. The van der Waals surface area contributed by atoms with Gasteiger partial charge in [0.2, 0.25) is 0 Å². The largest absolute Gasteiger partial charge is 0.299 e. The molecule has 1 nitrogen and oxygen atoms in total. The summed E-state index contributed by atoms with van der Waals surface area (Å²) in [7, 11) is 0. The van der Waals surface area contributed by atoms with Gasteiger partial charge in [-0.25, -0.2) is 0 Å². The van der Waals surface area contributed by atoms with Gasteiger partial charge in [-0.1, -0.05) is 30.2 Å². The van der Waals surface area contributed by atoms with Crippen LogP contribution in [0.15, 0.2) is 23.3 Å². The molecule has 1 aliphatic rings. The van der Waals surface area contributed by atoms with Crippen molar-refractivity contribution >= 4 is 5.78 Å². The van der Waals surface area contributed by atoms with Gasteiger partial charge in [-0.2, -0.15) is 0 Å². The Hall–Kier alpha value is -0.850.